The molecule has 0 bridgehead atoms. The number of rotatable bonds is 7. The average molecular weight is 368 g/mol. The highest BCUT2D eigenvalue weighted by atomic mass is 16.5. The number of hydrogen-bond acceptors (Lipinski definition) is 4. The number of para-hydroxylation sites is 1. The average Bonchev–Trinajstić information content (AvgIpc) is 2.66. The van der Waals surface area contributed by atoms with E-state index in [9.17, 15) is 4.79 Å². The van der Waals surface area contributed by atoms with Crippen molar-refractivity contribution < 1.29 is 14.3 Å². The molecule has 2 aromatic rings. The summed E-state index contributed by atoms with van der Waals surface area (Å²) < 4.78 is 11.2. The van der Waals surface area contributed by atoms with Gasteiger partial charge in [-0.3, -0.25) is 4.79 Å². The number of aryl methyl sites for hydroxylation is 1. The molecule has 1 heterocycles. The van der Waals surface area contributed by atoms with Crippen LogP contribution in [-0.2, 0) is 11.2 Å². The normalized spacial score (nSPS) is 15.8. The molecule has 0 saturated carbocycles. The number of fused-ring (bicyclic) bond motifs is 1. The van der Waals surface area contributed by atoms with Crippen molar-refractivity contribution in [2.24, 2.45) is 0 Å². The fourth-order valence-electron chi connectivity index (χ4n) is 3.49. The third-order valence-corrected chi connectivity index (χ3v) is 4.81. The lowest BCUT2D eigenvalue weighted by Gasteiger charge is -2.36. The lowest BCUT2D eigenvalue weighted by atomic mass is 9.96. The highest BCUT2D eigenvalue weighted by Gasteiger charge is 2.24. The van der Waals surface area contributed by atoms with Crippen LogP contribution >= 0.6 is 0 Å². The van der Waals surface area contributed by atoms with E-state index < -0.39 is 0 Å². The number of nitrogens with one attached hydrogen (secondary N) is 1. The van der Waals surface area contributed by atoms with E-state index in [1.165, 1.54) is 5.56 Å². The first-order valence-corrected chi connectivity index (χ1v) is 9.66. The topological polar surface area (TPSA) is 50.8 Å². The van der Waals surface area contributed by atoms with Gasteiger partial charge >= 0.3 is 0 Å². The van der Waals surface area contributed by atoms with E-state index in [4.69, 9.17) is 9.47 Å². The molecule has 2 aromatic carbocycles. The molecule has 0 spiro atoms. The Kier molecular flexibility index (Phi) is 6.22. The minimum atomic E-state index is -0.0619. The van der Waals surface area contributed by atoms with Gasteiger partial charge in [-0.05, 0) is 57.4 Å². The summed E-state index contributed by atoms with van der Waals surface area (Å²) in [4.78, 5) is 15.0. The number of anilines is 2. The number of ether oxygens (including phenoxy) is 2. The van der Waals surface area contributed by atoms with E-state index in [0.717, 1.165) is 18.5 Å². The first-order valence-electron chi connectivity index (χ1n) is 9.66. The molecule has 0 fully saturated rings. The molecular formula is C22H28N2O3. The Balaban J connectivity index is 1.77. The highest BCUT2D eigenvalue weighted by molar-refractivity contribution is 5.95. The van der Waals surface area contributed by atoms with Crippen molar-refractivity contribution >= 4 is 17.3 Å². The summed E-state index contributed by atoms with van der Waals surface area (Å²) in [6, 6.07) is 14.2. The van der Waals surface area contributed by atoms with Gasteiger partial charge in [0.2, 0.25) is 5.91 Å². The molecule has 0 saturated heterocycles. The number of hydrogen-bond donors (Lipinski definition) is 1. The van der Waals surface area contributed by atoms with Crippen LogP contribution in [0.3, 0.4) is 0 Å². The van der Waals surface area contributed by atoms with Crippen molar-refractivity contribution in [3.8, 4) is 11.5 Å². The number of carbonyl (C=O) groups excluding carboxylic acids is 1. The maximum atomic E-state index is 12.8. The Morgan fingerprint density at radius 1 is 1.15 bits per heavy atom. The fourth-order valence-corrected chi connectivity index (χ4v) is 3.49. The van der Waals surface area contributed by atoms with E-state index in [-0.39, 0.29) is 5.91 Å². The number of benzene rings is 2. The molecule has 1 aliphatic heterocycles. The van der Waals surface area contributed by atoms with Crippen molar-refractivity contribution in [2.75, 3.05) is 30.0 Å². The molecule has 144 valence electrons. The SMILES string of the molecule is CCOc1ccc(OCC)c(NC(=O)CN2c3ccccc3CCC2C)c1. The molecule has 1 atom stereocenters. The maximum Gasteiger partial charge on any atom is 0.244 e. The van der Waals surface area contributed by atoms with Crippen LogP contribution in [-0.4, -0.2) is 31.7 Å². The molecular weight excluding hydrogens is 340 g/mol. The molecule has 1 amide bonds. The van der Waals surface area contributed by atoms with Gasteiger partial charge in [0, 0.05) is 17.8 Å². The molecule has 1 N–H and O–H groups in total. The Hall–Kier alpha value is -2.69. The summed E-state index contributed by atoms with van der Waals surface area (Å²) >= 11 is 0. The van der Waals surface area contributed by atoms with E-state index in [0.29, 0.717) is 43.0 Å². The molecule has 1 aliphatic rings. The van der Waals surface area contributed by atoms with Crippen LogP contribution in [0.4, 0.5) is 11.4 Å². The Morgan fingerprint density at radius 2 is 1.93 bits per heavy atom. The first kappa shape index (κ1) is 19.1. The maximum absolute atomic E-state index is 12.8. The van der Waals surface area contributed by atoms with Crippen molar-refractivity contribution in [2.45, 2.75) is 39.7 Å². The summed E-state index contributed by atoms with van der Waals surface area (Å²) in [6.07, 6.45) is 2.11. The Labute approximate surface area is 161 Å². The van der Waals surface area contributed by atoms with Crippen molar-refractivity contribution in [1.29, 1.82) is 0 Å². The van der Waals surface area contributed by atoms with Crippen LogP contribution < -0.4 is 19.7 Å². The van der Waals surface area contributed by atoms with Crippen molar-refractivity contribution in [1.82, 2.24) is 0 Å². The Morgan fingerprint density at radius 3 is 2.70 bits per heavy atom. The second-order valence-corrected chi connectivity index (χ2v) is 6.72. The second kappa shape index (κ2) is 8.80. The predicted molar refractivity (Wildman–Crippen MR) is 109 cm³/mol. The van der Waals surface area contributed by atoms with Crippen molar-refractivity contribution in [3.05, 3.63) is 48.0 Å². The zero-order valence-electron chi connectivity index (χ0n) is 16.3. The van der Waals surface area contributed by atoms with E-state index in [1.54, 1.807) is 0 Å². The zero-order chi connectivity index (χ0) is 19.2. The summed E-state index contributed by atoms with van der Waals surface area (Å²) in [5, 5.41) is 3.01. The minimum absolute atomic E-state index is 0.0619. The standard InChI is InChI=1S/C22H28N2O3/c1-4-26-18-12-13-21(27-5-2)19(14-18)23-22(25)15-24-16(3)10-11-17-8-6-7-9-20(17)24/h6-9,12-14,16H,4-5,10-11,15H2,1-3H3,(H,23,25). The molecule has 1 unspecified atom stereocenters. The minimum Gasteiger partial charge on any atom is -0.494 e. The van der Waals surface area contributed by atoms with Gasteiger partial charge in [0.05, 0.1) is 25.4 Å². The van der Waals surface area contributed by atoms with E-state index >= 15 is 0 Å². The lowest BCUT2D eigenvalue weighted by molar-refractivity contribution is -0.115. The number of amides is 1. The van der Waals surface area contributed by atoms with Crippen LogP contribution in [0.1, 0.15) is 32.8 Å². The lowest BCUT2D eigenvalue weighted by Crippen LogP contribution is -2.42. The number of nitrogens with zero attached hydrogens (tertiary/aromatic N) is 1. The highest BCUT2D eigenvalue weighted by Crippen LogP contribution is 2.32. The monoisotopic (exact) mass is 368 g/mol. The molecule has 3 rings (SSSR count). The van der Waals surface area contributed by atoms with Crippen LogP contribution in [0.5, 0.6) is 11.5 Å². The largest absolute Gasteiger partial charge is 0.494 e. The smallest absolute Gasteiger partial charge is 0.244 e. The Bertz CT molecular complexity index is 791. The third-order valence-electron chi connectivity index (χ3n) is 4.81. The van der Waals surface area contributed by atoms with Crippen molar-refractivity contribution in [3.63, 3.8) is 0 Å². The van der Waals surface area contributed by atoms with Crippen LogP contribution in [0.15, 0.2) is 42.5 Å². The van der Waals surface area contributed by atoms with Gasteiger partial charge in [-0.15, -0.1) is 0 Å². The van der Waals surface area contributed by atoms with Gasteiger partial charge in [-0.25, -0.2) is 0 Å². The molecule has 5 nitrogen and oxygen atoms in total. The molecule has 27 heavy (non-hydrogen) atoms. The van der Waals surface area contributed by atoms with Crippen LogP contribution in [0.25, 0.3) is 0 Å². The van der Waals surface area contributed by atoms with Crippen LogP contribution in [0, 0.1) is 0 Å². The van der Waals surface area contributed by atoms with E-state index in [2.05, 4.69) is 35.3 Å². The molecule has 5 heteroatoms. The number of carbonyl (C=O) groups is 1. The van der Waals surface area contributed by atoms with Gasteiger partial charge < -0.3 is 19.7 Å². The summed E-state index contributed by atoms with van der Waals surface area (Å²) in [6.45, 7) is 7.45. The predicted octanol–water partition coefficient (Wildman–Crippen LogP) is 4.26. The molecule has 0 radical (unpaired) electrons. The molecule has 0 aromatic heterocycles. The van der Waals surface area contributed by atoms with Gasteiger partial charge in [-0.1, -0.05) is 18.2 Å². The fraction of sp³-hybridized carbons (Fsp3) is 0.409. The van der Waals surface area contributed by atoms with Gasteiger partial charge in [0.25, 0.3) is 0 Å². The summed E-state index contributed by atoms with van der Waals surface area (Å²) in [5.74, 6) is 1.31. The summed E-state index contributed by atoms with van der Waals surface area (Å²) in [5.41, 5.74) is 3.10. The first-order chi connectivity index (χ1) is 13.1. The van der Waals surface area contributed by atoms with Gasteiger partial charge in [0.1, 0.15) is 11.5 Å². The van der Waals surface area contributed by atoms with Crippen LogP contribution in [0.2, 0.25) is 0 Å². The van der Waals surface area contributed by atoms with E-state index in [1.807, 2.05) is 38.1 Å². The molecule has 0 aliphatic carbocycles. The second-order valence-electron chi connectivity index (χ2n) is 6.72. The van der Waals surface area contributed by atoms with Gasteiger partial charge in [0.15, 0.2) is 0 Å². The van der Waals surface area contributed by atoms with Gasteiger partial charge in [-0.2, -0.15) is 0 Å². The third kappa shape index (κ3) is 4.54. The quantitative estimate of drug-likeness (QED) is 0.793. The summed E-state index contributed by atoms with van der Waals surface area (Å²) in [7, 11) is 0. The zero-order valence-corrected chi connectivity index (χ0v) is 16.3.